The van der Waals surface area contributed by atoms with Crippen LogP contribution in [0.25, 0.3) is 11.1 Å². The lowest BCUT2D eigenvalue weighted by atomic mass is 9.99. The Bertz CT molecular complexity index is 1680. The van der Waals surface area contributed by atoms with E-state index in [1.54, 1.807) is 12.1 Å². The number of hydrogen-bond donors (Lipinski definition) is 1. The van der Waals surface area contributed by atoms with Crippen LogP contribution in [-0.4, -0.2) is 45.4 Å². The van der Waals surface area contributed by atoms with Crippen molar-refractivity contribution in [2.24, 2.45) is 0 Å². The van der Waals surface area contributed by atoms with Gasteiger partial charge in [0.15, 0.2) is 0 Å². The second kappa shape index (κ2) is 12.3. The molecule has 212 valence electrons. The van der Waals surface area contributed by atoms with Crippen molar-refractivity contribution in [1.29, 1.82) is 0 Å². The summed E-state index contributed by atoms with van der Waals surface area (Å²) in [4.78, 5) is 16.2. The van der Waals surface area contributed by atoms with Crippen LogP contribution in [0.3, 0.4) is 0 Å². The fraction of sp³-hybridized carbons (Fsp3) is 0.167. The van der Waals surface area contributed by atoms with Gasteiger partial charge in [0.2, 0.25) is 0 Å². The Kier molecular flexibility index (Phi) is 8.74. The first-order valence-corrected chi connectivity index (χ1v) is 15.4. The van der Waals surface area contributed by atoms with E-state index < -0.39 is 32.5 Å². The zero-order valence-corrected chi connectivity index (χ0v) is 24.8. The molecule has 11 heteroatoms. The average molecular weight is 661 g/mol. The van der Waals surface area contributed by atoms with Gasteiger partial charge >= 0.3 is 0 Å². The van der Waals surface area contributed by atoms with Crippen LogP contribution in [0.4, 0.5) is 14.5 Å². The number of nitrogens with zero attached hydrogens (tertiary/aromatic N) is 2. The summed E-state index contributed by atoms with van der Waals surface area (Å²) in [5.74, 6) is -3.08. The normalized spacial score (nSPS) is 14.2. The number of rotatable bonds is 7. The van der Waals surface area contributed by atoms with Gasteiger partial charge in [0.1, 0.15) is 16.5 Å². The molecule has 0 bridgehead atoms. The van der Waals surface area contributed by atoms with Crippen molar-refractivity contribution < 1.29 is 22.0 Å². The number of carbonyl (C=O) groups is 1. The van der Waals surface area contributed by atoms with Crippen molar-refractivity contribution in [1.82, 2.24) is 9.62 Å². The van der Waals surface area contributed by atoms with Gasteiger partial charge in [0.05, 0.1) is 4.47 Å². The second-order valence-corrected chi connectivity index (χ2v) is 12.5. The summed E-state index contributed by atoms with van der Waals surface area (Å²) in [7, 11) is -4.62. The molecule has 0 radical (unpaired) electrons. The summed E-state index contributed by atoms with van der Waals surface area (Å²) in [6.45, 7) is 4.04. The Labute approximate surface area is 250 Å². The van der Waals surface area contributed by atoms with Gasteiger partial charge in [-0.05, 0) is 81.2 Å². The van der Waals surface area contributed by atoms with Crippen LogP contribution in [0.2, 0.25) is 5.02 Å². The van der Waals surface area contributed by atoms with Crippen molar-refractivity contribution in [3.05, 3.63) is 117 Å². The predicted octanol–water partition coefficient (Wildman–Crippen LogP) is 6.49. The lowest BCUT2D eigenvalue weighted by molar-refractivity contribution is 0.0981. The van der Waals surface area contributed by atoms with E-state index in [2.05, 4.69) is 37.9 Å². The molecule has 6 nitrogen and oxygen atoms in total. The van der Waals surface area contributed by atoms with Crippen LogP contribution >= 0.6 is 27.5 Å². The number of sulfonamides is 1. The van der Waals surface area contributed by atoms with Gasteiger partial charge in [0, 0.05) is 49.0 Å². The highest BCUT2D eigenvalue weighted by Gasteiger charge is 2.25. The summed E-state index contributed by atoms with van der Waals surface area (Å²) < 4.78 is 54.6. The van der Waals surface area contributed by atoms with E-state index in [0.29, 0.717) is 17.2 Å². The molecule has 5 rings (SSSR count). The maximum absolute atomic E-state index is 14.2. The lowest BCUT2D eigenvalue weighted by Gasteiger charge is -2.36. The van der Waals surface area contributed by atoms with E-state index in [1.807, 2.05) is 41.1 Å². The van der Waals surface area contributed by atoms with Crippen LogP contribution in [0.1, 0.15) is 15.9 Å². The molecule has 0 spiro atoms. The Morgan fingerprint density at radius 3 is 2.22 bits per heavy atom. The number of nitrogens with one attached hydrogen (secondary N) is 1. The van der Waals surface area contributed by atoms with E-state index in [-0.39, 0.29) is 10.0 Å². The van der Waals surface area contributed by atoms with Crippen LogP contribution in [0, 0.1) is 11.6 Å². The molecule has 1 aliphatic heterocycles. The third-order valence-electron chi connectivity index (χ3n) is 6.92. The number of carbonyl (C=O) groups excluding carboxylic acids is 1. The van der Waals surface area contributed by atoms with Gasteiger partial charge in [0.25, 0.3) is 15.9 Å². The Morgan fingerprint density at radius 1 is 0.878 bits per heavy atom. The minimum Gasteiger partial charge on any atom is -0.369 e. The van der Waals surface area contributed by atoms with E-state index in [0.717, 1.165) is 44.0 Å². The minimum absolute atomic E-state index is 0.0766. The Morgan fingerprint density at radius 2 is 1.54 bits per heavy atom. The molecular formula is C30H25BrClF2N3O3S. The van der Waals surface area contributed by atoms with Gasteiger partial charge in [-0.25, -0.2) is 21.9 Å². The minimum atomic E-state index is -4.62. The first kappa shape index (κ1) is 29.2. The van der Waals surface area contributed by atoms with Crippen molar-refractivity contribution in [2.45, 2.75) is 11.4 Å². The van der Waals surface area contributed by atoms with Crippen LogP contribution in [0.5, 0.6) is 0 Å². The third kappa shape index (κ3) is 6.78. The van der Waals surface area contributed by atoms with Gasteiger partial charge in [-0.2, -0.15) is 0 Å². The Hall–Kier alpha value is -3.31. The summed E-state index contributed by atoms with van der Waals surface area (Å²) in [5, 5.41) is 0.703. The molecule has 0 atom stereocenters. The molecule has 4 aromatic rings. The first-order valence-electron chi connectivity index (χ1n) is 12.7. The fourth-order valence-electron chi connectivity index (χ4n) is 4.74. The number of piperazine rings is 1. The van der Waals surface area contributed by atoms with Crippen LogP contribution in [-0.2, 0) is 16.6 Å². The smallest absolute Gasteiger partial charge is 0.267 e. The van der Waals surface area contributed by atoms with E-state index in [4.69, 9.17) is 11.6 Å². The molecule has 4 aromatic carbocycles. The van der Waals surface area contributed by atoms with E-state index in [1.165, 1.54) is 23.3 Å². The largest absolute Gasteiger partial charge is 0.369 e. The molecule has 0 unspecified atom stereocenters. The average Bonchev–Trinajstić information content (AvgIpc) is 2.96. The van der Waals surface area contributed by atoms with Crippen molar-refractivity contribution in [2.75, 3.05) is 31.1 Å². The van der Waals surface area contributed by atoms with Crippen LogP contribution in [0.15, 0.2) is 94.3 Å². The molecular weight excluding hydrogens is 636 g/mol. The third-order valence-corrected chi connectivity index (χ3v) is 9.13. The van der Waals surface area contributed by atoms with Gasteiger partial charge in [-0.1, -0.05) is 48.0 Å². The van der Waals surface area contributed by atoms with Crippen molar-refractivity contribution in [3.8, 4) is 11.1 Å². The van der Waals surface area contributed by atoms with Crippen molar-refractivity contribution in [3.63, 3.8) is 0 Å². The topological polar surface area (TPSA) is 69.7 Å². The molecule has 0 saturated carbocycles. The number of benzene rings is 4. The standard InChI is InChI=1S/C30H25BrClF2N3O3S/c31-26-17-28(34)29(18-27(26)33)41(39,40)35-30(38)21-7-11-24(12-8-21)37-15-13-36(14-16-37)19-22-3-1-2-4-25(22)20-5-9-23(32)10-6-20/h1-12,17-18H,13-16,19H2,(H,35,38). The Balaban J connectivity index is 1.20. The molecule has 0 aromatic heterocycles. The number of hydrogen-bond acceptors (Lipinski definition) is 5. The highest BCUT2D eigenvalue weighted by Crippen LogP contribution is 2.27. The highest BCUT2D eigenvalue weighted by molar-refractivity contribution is 9.10. The summed E-state index contributed by atoms with van der Waals surface area (Å²) >= 11 is 8.86. The zero-order chi connectivity index (χ0) is 29.1. The SMILES string of the molecule is O=C(NS(=O)(=O)c1cc(F)c(Br)cc1F)c1ccc(N2CCN(Cc3ccccc3-c3ccc(Cl)cc3)CC2)cc1. The quantitative estimate of drug-likeness (QED) is 0.230. The number of halogens is 4. The molecule has 1 saturated heterocycles. The number of anilines is 1. The molecule has 1 N–H and O–H groups in total. The second-order valence-electron chi connectivity index (χ2n) is 9.61. The zero-order valence-electron chi connectivity index (χ0n) is 21.7. The summed E-state index contributed by atoms with van der Waals surface area (Å²) in [6, 6.07) is 23.9. The molecule has 1 heterocycles. The molecule has 1 fully saturated rings. The van der Waals surface area contributed by atoms with Crippen molar-refractivity contribution >= 4 is 49.1 Å². The molecule has 1 aliphatic rings. The maximum Gasteiger partial charge on any atom is 0.267 e. The first-order chi connectivity index (χ1) is 19.6. The fourth-order valence-corrected chi connectivity index (χ4v) is 6.23. The van der Waals surface area contributed by atoms with Gasteiger partial charge in [-0.3, -0.25) is 9.69 Å². The van der Waals surface area contributed by atoms with E-state index >= 15 is 0 Å². The van der Waals surface area contributed by atoms with E-state index in [9.17, 15) is 22.0 Å². The maximum atomic E-state index is 14.2. The summed E-state index contributed by atoms with van der Waals surface area (Å²) in [5.41, 5.74) is 4.50. The monoisotopic (exact) mass is 659 g/mol. The van der Waals surface area contributed by atoms with Crippen LogP contribution < -0.4 is 9.62 Å². The molecule has 1 amide bonds. The molecule has 41 heavy (non-hydrogen) atoms. The summed E-state index contributed by atoms with van der Waals surface area (Å²) in [6.07, 6.45) is 0. The van der Waals surface area contributed by atoms with Gasteiger partial charge < -0.3 is 4.90 Å². The number of amides is 1. The lowest BCUT2D eigenvalue weighted by Crippen LogP contribution is -2.46. The molecule has 0 aliphatic carbocycles. The predicted molar refractivity (Wildman–Crippen MR) is 160 cm³/mol. The van der Waals surface area contributed by atoms with Gasteiger partial charge in [-0.15, -0.1) is 0 Å². The highest BCUT2D eigenvalue weighted by atomic mass is 79.9.